The summed E-state index contributed by atoms with van der Waals surface area (Å²) in [5.74, 6) is -1.39. The fraction of sp³-hybridized carbons (Fsp3) is 0.115. The van der Waals surface area contributed by atoms with Gasteiger partial charge < -0.3 is 10.1 Å². The van der Waals surface area contributed by atoms with E-state index in [4.69, 9.17) is 39.5 Å². The molecule has 1 N–H and O–H groups in total. The topological polar surface area (TPSA) is 75.7 Å². The molecule has 6 nitrogen and oxygen atoms in total. The summed E-state index contributed by atoms with van der Waals surface area (Å²) in [6, 6.07) is 14.6. The summed E-state index contributed by atoms with van der Waals surface area (Å²) in [5.41, 5.74) is 3.54. The first-order chi connectivity index (χ1) is 16.6. The highest BCUT2D eigenvalue weighted by Gasteiger charge is 2.40. The summed E-state index contributed by atoms with van der Waals surface area (Å²) in [6.45, 7) is 5.72. The van der Waals surface area contributed by atoms with E-state index in [0.29, 0.717) is 22.0 Å². The van der Waals surface area contributed by atoms with E-state index in [2.05, 4.69) is 5.32 Å². The van der Waals surface area contributed by atoms with Crippen LogP contribution in [0.3, 0.4) is 0 Å². The van der Waals surface area contributed by atoms with E-state index in [1.54, 1.807) is 30.3 Å². The summed E-state index contributed by atoms with van der Waals surface area (Å²) in [7, 11) is 0. The van der Waals surface area contributed by atoms with Crippen molar-refractivity contribution in [1.29, 1.82) is 0 Å². The van der Waals surface area contributed by atoms with Crippen LogP contribution in [0.25, 0.3) is 0 Å². The molecule has 35 heavy (non-hydrogen) atoms. The highest BCUT2D eigenvalue weighted by atomic mass is 35.5. The van der Waals surface area contributed by atoms with Crippen LogP contribution in [-0.4, -0.2) is 17.8 Å². The molecule has 4 rings (SSSR count). The molecule has 0 fully saturated rings. The zero-order valence-corrected chi connectivity index (χ0v) is 21.2. The molecule has 9 heteroatoms. The normalized spacial score (nSPS) is 13.5. The smallest absolute Gasteiger partial charge is 0.343 e. The van der Waals surface area contributed by atoms with Gasteiger partial charge in [-0.05, 0) is 79.9 Å². The Labute approximate surface area is 217 Å². The van der Waals surface area contributed by atoms with Crippen LogP contribution in [0.1, 0.15) is 27.0 Å². The highest BCUT2D eigenvalue weighted by Crippen LogP contribution is 2.36. The second-order valence-electron chi connectivity index (χ2n) is 7.98. The maximum atomic E-state index is 13.0. The van der Waals surface area contributed by atoms with E-state index in [0.717, 1.165) is 21.6 Å². The van der Waals surface area contributed by atoms with Crippen molar-refractivity contribution in [1.82, 2.24) is 0 Å². The van der Waals surface area contributed by atoms with Gasteiger partial charge in [-0.1, -0.05) is 46.9 Å². The summed E-state index contributed by atoms with van der Waals surface area (Å²) < 4.78 is 5.63. The number of aryl methyl sites for hydroxylation is 2. The number of carbonyl (C=O) groups is 3. The molecule has 0 radical (unpaired) electrons. The van der Waals surface area contributed by atoms with Gasteiger partial charge in [0.05, 0.1) is 16.3 Å². The number of anilines is 2. The summed E-state index contributed by atoms with van der Waals surface area (Å²) in [5, 5.41) is 3.04. The summed E-state index contributed by atoms with van der Waals surface area (Å²) >= 11 is 18.3. The van der Waals surface area contributed by atoms with Gasteiger partial charge in [-0.2, -0.15) is 0 Å². The summed E-state index contributed by atoms with van der Waals surface area (Å²) in [6.07, 6.45) is 0. The van der Waals surface area contributed by atoms with Gasteiger partial charge in [-0.3, -0.25) is 9.59 Å². The SMILES string of the molecule is Cc1ccc(C)c(OC(=O)c2ccc(NC3=C(Cl)C(=O)N(c4cc(Cl)ccc4Cl)C3=O)cc2)c1C. The Balaban J connectivity index is 1.52. The molecule has 3 aromatic carbocycles. The van der Waals surface area contributed by atoms with Crippen molar-refractivity contribution in [3.63, 3.8) is 0 Å². The standard InChI is InChI=1S/C26H19Cl3N2O4/c1-13-4-5-14(2)23(15(13)3)35-26(34)16-6-9-18(10-7-16)30-22-21(29)24(32)31(25(22)33)20-12-17(27)8-11-19(20)28/h4-12,30H,1-3H3. The van der Waals surface area contributed by atoms with E-state index in [-0.39, 0.29) is 21.4 Å². The Hall–Kier alpha value is -3.32. The second-order valence-corrected chi connectivity index (χ2v) is 9.20. The van der Waals surface area contributed by atoms with Crippen LogP contribution in [-0.2, 0) is 9.59 Å². The monoisotopic (exact) mass is 528 g/mol. The molecule has 0 spiro atoms. The Kier molecular flexibility index (Phi) is 6.90. The van der Waals surface area contributed by atoms with E-state index in [9.17, 15) is 14.4 Å². The molecule has 0 atom stereocenters. The first-order valence-corrected chi connectivity index (χ1v) is 11.6. The van der Waals surface area contributed by atoms with Crippen molar-refractivity contribution in [2.45, 2.75) is 20.8 Å². The average Bonchev–Trinajstić information content (AvgIpc) is 3.04. The molecule has 0 bridgehead atoms. The van der Waals surface area contributed by atoms with Crippen molar-refractivity contribution in [2.75, 3.05) is 10.2 Å². The lowest BCUT2D eigenvalue weighted by Crippen LogP contribution is -2.32. The molecule has 0 unspecified atom stereocenters. The maximum absolute atomic E-state index is 13.0. The minimum atomic E-state index is -0.729. The van der Waals surface area contributed by atoms with Crippen molar-refractivity contribution in [2.24, 2.45) is 0 Å². The number of esters is 1. The number of nitrogens with one attached hydrogen (secondary N) is 1. The Morgan fingerprint density at radius 2 is 1.51 bits per heavy atom. The van der Waals surface area contributed by atoms with E-state index in [1.165, 1.54) is 12.1 Å². The number of halogens is 3. The predicted octanol–water partition coefficient (Wildman–Crippen LogP) is 6.57. The minimum absolute atomic E-state index is 0.117. The predicted molar refractivity (Wildman–Crippen MR) is 138 cm³/mol. The maximum Gasteiger partial charge on any atom is 0.343 e. The number of benzene rings is 3. The van der Waals surface area contributed by atoms with Gasteiger partial charge in [0.2, 0.25) is 0 Å². The van der Waals surface area contributed by atoms with Crippen molar-refractivity contribution in [3.05, 3.63) is 97.6 Å². The van der Waals surface area contributed by atoms with Gasteiger partial charge in [0, 0.05) is 10.7 Å². The van der Waals surface area contributed by atoms with Crippen LogP contribution < -0.4 is 15.0 Å². The lowest BCUT2D eigenvalue weighted by Gasteiger charge is -2.17. The van der Waals surface area contributed by atoms with Crippen LogP contribution in [0, 0.1) is 20.8 Å². The molecule has 1 aliphatic heterocycles. The lowest BCUT2D eigenvalue weighted by atomic mass is 10.1. The Morgan fingerprint density at radius 3 is 2.20 bits per heavy atom. The molecule has 0 aromatic heterocycles. The Morgan fingerprint density at radius 1 is 0.857 bits per heavy atom. The molecule has 3 aromatic rings. The third-order valence-corrected chi connectivity index (χ3v) is 6.54. The average molecular weight is 530 g/mol. The van der Waals surface area contributed by atoms with Gasteiger partial charge in [0.25, 0.3) is 11.8 Å². The molecule has 0 saturated heterocycles. The van der Waals surface area contributed by atoms with Crippen LogP contribution in [0.5, 0.6) is 5.75 Å². The number of imide groups is 1. The quantitative estimate of drug-likeness (QED) is 0.230. The van der Waals surface area contributed by atoms with Gasteiger partial charge in [0.1, 0.15) is 16.5 Å². The lowest BCUT2D eigenvalue weighted by molar-refractivity contribution is -0.120. The first kappa shape index (κ1) is 24.8. The molecular weight excluding hydrogens is 511 g/mol. The molecule has 1 aliphatic rings. The number of nitrogens with zero attached hydrogens (tertiary/aromatic N) is 1. The molecule has 0 saturated carbocycles. The number of amides is 2. The van der Waals surface area contributed by atoms with Crippen molar-refractivity contribution < 1.29 is 19.1 Å². The van der Waals surface area contributed by atoms with E-state index in [1.807, 2.05) is 32.9 Å². The Bertz CT molecular complexity index is 1410. The number of hydrogen-bond acceptors (Lipinski definition) is 5. The van der Waals surface area contributed by atoms with Gasteiger partial charge in [0.15, 0.2) is 0 Å². The molecule has 178 valence electrons. The van der Waals surface area contributed by atoms with Crippen LogP contribution in [0.15, 0.2) is 65.3 Å². The fourth-order valence-corrected chi connectivity index (χ4v) is 4.14. The first-order valence-electron chi connectivity index (χ1n) is 10.5. The van der Waals surface area contributed by atoms with Gasteiger partial charge >= 0.3 is 5.97 Å². The number of hydrogen-bond donors (Lipinski definition) is 1. The number of carbonyl (C=O) groups excluding carboxylic acids is 3. The van der Waals surface area contributed by atoms with Gasteiger partial charge in [-0.25, -0.2) is 9.69 Å². The molecule has 0 aliphatic carbocycles. The number of rotatable bonds is 5. The van der Waals surface area contributed by atoms with Crippen molar-refractivity contribution in [3.8, 4) is 5.75 Å². The van der Waals surface area contributed by atoms with Crippen LogP contribution in [0.4, 0.5) is 11.4 Å². The molecule has 1 heterocycles. The third-order valence-electron chi connectivity index (χ3n) is 5.63. The highest BCUT2D eigenvalue weighted by molar-refractivity contribution is 6.54. The zero-order valence-electron chi connectivity index (χ0n) is 18.9. The van der Waals surface area contributed by atoms with E-state index >= 15 is 0 Å². The zero-order chi connectivity index (χ0) is 25.4. The molecule has 2 amide bonds. The number of ether oxygens (including phenoxy) is 1. The van der Waals surface area contributed by atoms with E-state index < -0.39 is 17.8 Å². The summed E-state index contributed by atoms with van der Waals surface area (Å²) in [4.78, 5) is 39.2. The van der Waals surface area contributed by atoms with Crippen LogP contribution in [0.2, 0.25) is 10.0 Å². The van der Waals surface area contributed by atoms with Crippen LogP contribution >= 0.6 is 34.8 Å². The van der Waals surface area contributed by atoms with Gasteiger partial charge in [-0.15, -0.1) is 0 Å². The third kappa shape index (κ3) is 4.78. The minimum Gasteiger partial charge on any atom is -0.422 e. The van der Waals surface area contributed by atoms with Crippen molar-refractivity contribution >= 4 is 64.0 Å². The fourth-order valence-electron chi connectivity index (χ4n) is 3.56. The molecular formula is C26H19Cl3N2O4. The second kappa shape index (κ2) is 9.74. The largest absolute Gasteiger partial charge is 0.422 e.